The van der Waals surface area contributed by atoms with Gasteiger partial charge in [-0.15, -0.1) is 0 Å². The highest BCUT2D eigenvalue weighted by molar-refractivity contribution is 5.72. The van der Waals surface area contributed by atoms with Crippen LogP contribution in [0.3, 0.4) is 0 Å². The molecule has 51 heavy (non-hydrogen) atoms. The van der Waals surface area contributed by atoms with Gasteiger partial charge in [-0.25, -0.2) is 0 Å². The Morgan fingerprint density at radius 2 is 0.824 bits per heavy atom. The lowest BCUT2D eigenvalue weighted by molar-refractivity contribution is -0.149. The number of nitriles is 1. The minimum atomic E-state index is -0.412. The Morgan fingerprint density at radius 1 is 0.471 bits per heavy atom. The summed E-state index contributed by atoms with van der Waals surface area (Å²) in [7, 11) is 0. The van der Waals surface area contributed by atoms with Crippen molar-refractivity contribution in [3.8, 4) is 6.07 Å². The maximum Gasteiger partial charge on any atom is 0.320 e. The molecule has 0 aromatic carbocycles. The quantitative estimate of drug-likeness (QED) is 0.0370. The van der Waals surface area contributed by atoms with Crippen LogP contribution >= 0.6 is 0 Å². The molecule has 0 saturated carbocycles. The highest BCUT2D eigenvalue weighted by Crippen LogP contribution is 2.23. The average molecular weight is 720 g/mol. The summed E-state index contributed by atoms with van der Waals surface area (Å²) in [6.45, 7) is 18.9. The van der Waals surface area contributed by atoms with Gasteiger partial charge in [0.1, 0.15) is 12.5 Å². The molecule has 0 saturated heterocycles. The molecule has 298 valence electrons. The monoisotopic (exact) mass is 720 g/mol. The number of unbranched alkanes of at least 4 members (excludes halogenated alkanes) is 12. The Bertz CT molecular complexity index is 850. The van der Waals surface area contributed by atoms with E-state index in [1.807, 2.05) is 6.07 Å². The second kappa shape index (κ2) is 32.5. The van der Waals surface area contributed by atoms with Gasteiger partial charge in [-0.2, -0.15) is 5.26 Å². The van der Waals surface area contributed by atoms with Gasteiger partial charge in [0.15, 0.2) is 0 Å². The molecule has 0 aromatic rings. The van der Waals surface area contributed by atoms with E-state index in [0.717, 1.165) is 116 Å². The number of ether oxygens (including phenoxy) is 3. The third-order valence-electron chi connectivity index (χ3n) is 10.4. The van der Waals surface area contributed by atoms with E-state index < -0.39 is 5.97 Å². The van der Waals surface area contributed by atoms with Crippen molar-refractivity contribution in [1.29, 1.82) is 5.26 Å². The van der Waals surface area contributed by atoms with E-state index in [1.165, 1.54) is 12.8 Å². The summed E-state index contributed by atoms with van der Waals surface area (Å²) >= 11 is 0. The molecule has 2 unspecified atom stereocenters. The average Bonchev–Trinajstić information content (AvgIpc) is 3.05. The molecule has 0 aliphatic carbocycles. The topological polar surface area (TPSA) is 103 Å². The van der Waals surface area contributed by atoms with Crippen LogP contribution in [0.25, 0.3) is 0 Å². The maximum atomic E-state index is 12.2. The lowest BCUT2D eigenvalue weighted by Gasteiger charge is -2.21. The summed E-state index contributed by atoms with van der Waals surface area (Å²) < 4.78 is 16.9. The number of nitrogens with zero attached hydrogens (tertiary/aromatic N) is 1. The van der Waals surface area contributed by atoms with Gasteiger partial charge in [0.2, 0.25) is 0 Å². The first kappa shape index (κ1) is 48.9. The number of hydrogen-bond donors (Lipinski definition) is 0. The molecule has 0 fully saturated rings. The summed E-state index contributed by atoms with van der Waals surface area (Å²) in [5.74, 6) is 2.78. The Morgan fingerprint density at radius 3 is 1.16 bits per heavy atom. The van der Waals surface area contributed by atoms with Gasteiger partial charge in [-0.05, 0) is 86.9 Å². The van der Waals surface area contributed by atoms with Crippen molar-refractivity contribution in [2.75, 3.05) is 13.2 Å². The molecule has 2 atom stereocenters. The van der Waals surface area contributed by atoms with E-state index >= 15 is 0 Å². The van der Waals surface area contributed by atoms with Crippen molar-refractivity contribution in [2.24, 2.45) is 35.5 Å². The standard InChI is InChI=1S/C44H81NO6/c1-35(2)27-29-39(37(5)6)33-49-42(46)25-21-17-13-9-11-15-19-23-41(51-44(48)31-32-45)24-20-16-12-10-14-18-22-26-43(47)50-34-40(38(7)8)30-28-36(3)4/h35-41H,9-31,33-34H2,1-8H3. The van der Waals surface area contributed by atoms with Crippen molar-refractivity contribution in [2.45, 2.75) is 209 Å². The SMILES string of the molecule is CC(C)CCC(COC(=O)CCCCCCCCCC(CCCCCCCCCC(=O)OCC(CCC(C)C)C(C)C)OC(=O)CC#N)C(C)C. The largest absolute Gasteiger partial charge is 0.465 e. The second-order valence-electron chi connectivity index (χ2n) is 16.8. The number of esters is 3. The minimum absolute atomic E-state index is 0.0564. The normalized spacial score (nSPS) is 13.4. The van der Waals surface area contributed by atoms with Gasteiger partial charge in [-0.1, -0.05) is 132 Å². The Kier molecular flexibility index (Phi) is 31.2. The third-order valence-corrected chi connectivity index (χ3v) is 10.4. The summed E-state index contributed by atoms with van der Waals surface area (Å²) in [6, 6.07) is 1.91. The molecular formula is C44H81NO6. The molecule has 7 nitrogen and oxygen atoms in total. The number of carbonyl (C=O) groups excluding carboxylic acids is 3. The molecule has 0 aromatic heterocycles. The fourth-order valence-corrected chi connectivity index (χ4v) is 6.46. The molecule has 0 bridgehead atoms. The zero-order valence-corrected chi connectivity index (χ0v) is 34.6. The highest BCUT2D eigenvalue weighted by Gasteiger charge is 2.18. The predicted molar refractivity (Wildman–Crippen MR) is 210 cm³/mol. The van der Waals surface area contributed by atoms with Crippen molar-refractivity contribution < 1.29 is 28.6 Å². The lowest BCUT2D eigenvalue weighted by atomic mass is 9.89. The Balaban J connectivity index is 4.05. The summed E-state index contributed by atoms with van der Waals surface area (Å²) in [4.78, 5) is 36.5. The van der Waals surface area contributed by atoms with Crippen LogP contribution in [0.2, 0.25) is 0 Å². The van der Waals surface area contributed by atoms with Crippen LogP contribution in [0.1, 0.15) is 203 Å². The van der Waals surface area contributed by atoms with Crippen LogP contribution < -0.4 is 0 Å². The molecule has 0 rings (SSSR count). The van der Waals surface area contributed by atoms with E-state index in [9.17, 15) is 14.4 Å². The van der Waals surface area contributed by atoms with E-state index in [0.29, 0.717) is 61.6 Å². The first-order valence-electron chi connectivity index (χ1n) is 21.2. The molecule has 0 amide bonds. The van der Waals surface area contributed by atoms with Crippen LogP contribution in [0.15, 0.2) is 0 Å². The summed E-state index contributed by atoms with van der Waals surface area (Å²) in [6.07, 6.45) is 22.0. The van der Waals surface area contributed by atoms with Gasteiger partial charge in [0, 0.05) is 12.8 Å². The maximum absolute atomic E-state index is 12.2. The van der Waals surface area contributed by atoms with Crippen LogP contribution in [0.4, 0.5) is 0 Å². The van der Waals surface area contributed by atoms with E-state index in [4.69, 9.17) is 19.5 Å². The molecule has 0 heterocycles. The fraction of sp³-hybridized carbons (Fsp3) is 0.909. The van der Waals surface area contributed by atoms with Gasteiger partial charge in [-0.3, -0.25) is 14.4 Å². The number of carbonyl (C=O) groups is 3. The van der Waals surface area contributed by atoms with E-state index in [2.05, 4.69) is 55.4 Å². The first-order chi connectivity index (χ1) is 24.3. The van der Waals surface area contributed by atoms with Gasteiger partial charge in [0.05, 0.1) is 19.3 Å². The Labute approximate surface area is 315 Å². The number of rotatable bonds is 34. The van der Waals surface area contributed by atoms with Crippen molar-refractivity contribution >= 4 is 17.9 Å². The fourth-order valence-electron chi connectivity index (χ4n) is 6.46. The zero-order valence-electron chi connectivity index (χ0n) is 34.6. The van der Waals surface area contributed by atoms with Crippen molar-refractivity contribution in [3.63, 3.8) is 0 Å². The molecule has 0 spiro atoms. The molecular weight excluding hydrogens is 638 g/mol. The van der Waals surface area contributed by atoms with E-state index in [1.54, 1.807) is 0 Å². The molecule has 0 aliphatic heterocycles. The van der Waals surface area contributed by atoms with Crippen LogP contribution in [0.5, 0.6) is 0 Å². The summed E-state index contributed by atoms with van der Waals surface area (Å²) in [5, 5.41) is 8.89. The first-order valence-corrected chi connectivity index (χ1v) is 21.2. The van der Waals surface area contributed by atoms with Crippen molar-refractivity contribution in [3.05, 3.63) is 0 Å². The molecule has 7 heteroatoms. The van der Waals surface area contributed by atoms with Crippen LogP contribution in [-0.2, 0) is 28.6 Å². The van der Waals surface area contributed by atoms with Crippen molar-refractivity contribution in [1.82, 2.24) is 0 Å². The highest BCUT2D eigenvalue weighted by atomic mass is 16.5. The van der Waals surface area contributed by atoms with Gasteiger partial charge < -0.3 is 14.2 Å². The predicted octanol–water partition coefficient (Wildman–Crippen LogP) is 12.3. The van der Waals surface area contributed by atoms with Gasteiger partial charge >= 0.3 is 17.9 Å². The molecule has 0 aliphatic rings. The smallest absolute Gasteiger partial charge is 0.320 e. The molecule has 0 N–H and O–H groups in total. The minimum Gasteiger partial charge on any atom is -0.465 e. The third kappa shape index (κ3) is 31.2. The number of hydrogen-bond acceptors (Lipinski definition) is 7. The lowest BCUT2D eigenvalue weighted by Crippen LogP contribution is -2.19. The zero-order chi connectivity index (χ0) is 38.3. The Hall–Kier alpha value is -2.10. The second-order valence-corrected chi connectivity index (χ2v) is 16.8. The van der Waals surface area contributed by atoms with E-state index in [-0.39, 0.29) is 24.5 Å². The van der Waals surface area contributed by atoms with Crippen LogP contribution in [-0.4, -0.2) is 37.2 Å². The van der Waals surface area contributed by atoms with Crippen LogP contribution in [0, 0.1) is 46.8 Å². The summed E-state index contributed by atoms with van der Waals surface area (Å²) in [5.41, 5.74) is 0. The van der Waals surface area contributed by atoms with Gasteiger partial charge in [0.25, 0.3) is 0 Å². The molecule has 0 radical (unpaired) electrons.